The molecule has 0 radical (unpaired) electrons. The van der Waals surface area contributed by atoms with Crippen LogP contribution in [0.25, 0.3) is 6.08 Å². The molecule has 0 aromatic heterocycles. The van der Waals surface area contributed by atoms with E-state index in [1.165, 1.54) is 11.1 Å². The number of carbonyl (C=O) groups excluding carboxylic acids is 1. The first kappa shape index (κ1) is 15.8. The van der Waals surface area contributed by atoms with Crippen LogP contribution in [-0.4, -0.2) is 31.1 Å². The van der Waals surface area contributed by atoms with Gasteiger partial charge in [0.2, 0.25) is 0 Å². The molecular weight excluding hydrogens is 355 g/mol. The molecule has 0 aliphatic carbocycles. The number of nitrogens with zero attached hydrogens (tertiary/aromatic N) is 1. The number of esters is 1. The third-order valence-electron chi connectivity index (χ3n) is 2.86. The molecule has 0 saturated heterocycles. The summed E-state index contributed by atoms with van der Waals surface area (Å²) in [6, 6.07) is 6.06. The molecule has 4 nitrogen and oxygen atoms in total. The van der Waals surface area contributed by atoms with Crippen molar-refractivity contribution < 1.29 is 9.53 Å². The molecule has 1 N–H and O–H groups in total. The number of carbonyl (C=O) groups is 1. The fraction of sp³-hybridized carbons (Fsp3) is 0.357. The number of nitrogens with one attached hydrogen (secondary N) is 1. The van der Waals surface area contributed by atoms with Crippen LogP contribution in [0.1, 0.15) is 18.1 Å². The van der Waals surface area contributed by atoms with E-state index in [4.69, 9.17) is 4.74 Å². The number of fused-ring (bicyclic) bond motifs is 1. The van der Waals surface area contributed by atoms with Crippen molar-refractivity contribution in [3.8, 4) is 0 Å². The van der Waals surface area contributed by atoms with Crippen LogP contribution in [0.2, 0.25) is 0 Å². The second-order valence-corrected chi connectivity index (χ2v) is 4.26. The lowest BCUT2D eigenvalue weighted by Gasteiger charge is -2.23. The maximum atomic E-state index is 11.3. The van der Waals surface area contributed by atoms with Gasteiger partial charge in [-0.25, -0.2) is 0 Å². The molecule has 0 bridgehead atoms. The van der Waals surface area contributed by atoms with Crippen molar-refractivity contribution in [2.24, 2.45) is 0 Å². The summed E-state index contributed by atoms with van der Waals surface area (Å²) in [5.41, 5.74) is 3.41. The van der Waals surface area contributed by atoms with Gasteiger partial charge >= 0.3 is 5.97 Å². The first-order chi connectivity index (χ1) is 8.70. The van der Waals surface area contributed by atoms with Gasteiger partial charge in [0.05, 0.1) is 6.61 Å². The molecule has 0 atom stereocenters. The Morgan fingerprint density at radius 1 is 1.47 bits per heavy atom. The van der Waals surface area contributed by atoms with Crippen LogP contribution in [0.15, 0.2) is 24.4 Å². The summed E-state index contributed by atoms with van der Waals surface area (Å²) in [6.07, 6.45) is 4.13. The summed E-state index contributed by atoms with van der Waals surface area (Å²) >= 11 is 0. The molecule has 19 heavy (non-hydrogen) atoms. The molecule has 104 valence electrons. The lowest BCUT2D eigenvalue weighted by atomic mass is 10.0. The van der Waals surface area contributed by atoms with E-state index < -0.39 is 0 Å². The Labute approximate surface area is 130 Å². The molecule has 0 fully saturated rings. The average molecular weight is 374 g/mol. The van der Waals surface area contributed by atoms with Gasteiger partial charge in [-0.3, -0.25) is 4.79 Å². The smallest absolute Gasteiger partial charge is 0.325 e. The predicted octanol–water partition coefficient (Wildman–Crippen LogP) is 2.70. The van der Waals surface area contributed by atoms with Crippen LogP contribution >= 0.6 is 24.0 Å². The van der Waals surface area contributed by atoms with Crippen molar-refractivity contribution in [1.29, 1.82) is 0 Å². The van der Waals surface area contributed by atoms with Crippen LogP contribution in [-0.2, 0) is 16.1 Å². The van der Waals surface area contributed by atoms with Gasteiger partial charge in [-0.2, -0.15) is 0 Å². The zero-order valence-corrected chi connectivity index (χ0v) is 13.5. The average Bonchev–Trinajstić information content (AvgIpc) is 2.36. The number of halogens is 1. The SMILES string of the molecule is CCOC(=O)CNc1cccc2c1CN(C)C=C2.I. The van der Waals surface area contributed by atoms with Gasteiger partial charge in [0, 0.05) is 24.8 Å². The molecule has 1 aromatic carbocycles. The Hall–Kier alpha value is -1.24. The Kier molecular flexibility index (Phi) is 6.14. The molecule has 2 rings (SSSR count). The van der Waals surface area contributed by atoms with Crippen molar-refractivity contribution >= 4 is 41.7 Å². The molecule has 5 heteroatoms. The van der Waals surface area contributed by atoms with E-state index >= 15 is 0 Å². The summed E-state index contributed by atoms with van der Waals surface area (Å²) < 4.78 is 4.90. The number of rotatable bonds is 4. The van der Waals surface area contributed by atoms with Crippen molar-refractivity contribution in [2.45, 2.75) is 13.5 Å². The maximum absolute atomic E-state index is 11.3. The third-order valence-corrected chi connectivity index (χ3v) is 2.86. The quantitative estimate of drug-likeness (QED) is 0.650. The summed E-state index contributed by atoms with van der Waals surface area (Å²) in [5.74, 6) is -0.227. The van der Waals surface area contributed by atoms with E-state index in [0.717, 1.165) is 12.2 Å². The lowest BCUT2D eigenvalue weighted by molar-refractivity contribution is -0.140. The van der Waals surface area contributed by atoms with Gasteiger partial charge in [-0.15, -0.1) is 24.0 Å². The summed E-state index contributed by atoms with van der Waals surface area (Å²) in [5, 5.41) is 3.14. The largest absolute Gasteiger partial charge is 0.465 e. The first-order valence-electron chi connectivity index (χ1n) is 6.10. The fourth-order valence-corrected chi connectivity index (χ4v) is 1.99. The van der Waals surface area contributed by atoms with Gasteiger partial charge in [-0.1, -0.05) is 12.1 Å². The summed E-state index contributed by atoms with van der Waals surface area (Å²) in [4.78, 5) is 13.4. The molecule has 0 spiro atoms. The van der Waals surface area contributed by atoms with Crippen LogP contribution in [0, 0.1) is 0 Å². The number of hydrogen-bond acceptors (Lipinski definition) is 4. The lowest BCUT2D eigenvalue weighted by Crippen LogP contribution is -2.20. The molecule has 0 unspecified atom stereocenters. The number of benzene rings is 1. The Balaban J connectivity index is 0.00000180. The molecule has 1 aromatic rings. The number of ether oxygens (including phenoxy) is 1. The van der Waals surface area contributed by atoms with Gasteiger partial charge in [0.25, 0.3) is 0 Å². The van der Waals surface area contributed by atoms with Crippen LogP contribution < -0.4 is 5.32 Å². The molecule has 1 heterocycles. The van der Waals surface area contributed by atoms with Crippen molar-refractivity contribution in [2.75, 3.05) is 25.5 Å². The minimum atomic E-state index is -0.227. The monoisotopic (exact) mass is 374 g/mol. The second-order valence-electron chi connectivity index (χ2n) is 4.26. The normalized spacial score (nSPS) is 12.4. The van der Waals surface area contributed by atoms with E-state index in [1.54, 1.807) is 0 Å². The minimum absolute atomic E-state index is 0. The van der Waals surface area contributed by atoms with Crippen molar-refractivity contribution in [3.05, 3.63) is 35.5 Å². The van der Waals surface area contributed by atoms with Crippen molar-refractivity contribution in [3.63, 3.8) is 0 Å². The maximum Gasteiger partial charge on any atom is 0.325 e. The number of hydrogen-bond donors (Lipinski definition) is 1. The molecule has 1 aliphatic heterocycles. The van der Waals surface area contributed by atoms with Crippen LogP contribution in [0.4, 0.5) is 5.69 Å². The van der Waals surface area contributed by atoms with Crippen LogP contribution in [0.3, 0.4) is 0 Å². The van der Waals surface area contributed by atoms with E-state index in [2.05, 4.69) is 28.6 Å². The predicted molar refractivity (Wildman–Crippen MR) is 87.5 cm³/mol. The van der Waals surface area contributed by atoms with E-state index in [0.29, 0.717) is 6.61 Å². The first-order valence-corrected chi connectivity index (χ1v) is 6.10. The second kappa shape index (κ2) is 7.37. The Morgan fingerprint density at radius 2 is 2.26 bits per heavy atom. The topological polar surface area (TPSA) is 41.6 Å². The van der Waals surface area contributed by atoms with E-state index in [-0.39, 0.29) is 36.5 Å². The van der Waals surface area contributed by atoms with E-state index in [1.807, 2.05) is 26.1 Å². The highest BCUT2D eigenvalue weighted by molar-refractivity contribution is 14.0. The highest BCUT2D eigenvalue weighted by Crippen LogP contribution is 2.25. The molecule has 0 saturated carbocycles. The molecule has 0 amide bonds. The Bertz CT molecular complexity index is 475. The van der Waals surface area contributed by atoms with E-state index in [9.17, 15) is 4.79 Å². The van der Waals surface area contributed by atoms with Crippen LogP contribution in [0.5, 0.6) is 0 Å². The van der Waals surface area contributed by atoms with Crippen molar-refractivity contribution in [1.82, 2.24) is 4.90 Å². The van der Waals surface area contributed by atoms with Gasteiger partial charge in [-0.05, 0) is 30.8 Å². The zero-order valence-electron chi connectivity index (χ0n) is 11.2. The standard InChI is InChI=1S/C14H18N2O2.HI/c1-3-18-14(17)9-15-13-6-4-5-11-7-8-16(2)10-12(11)13;/h4-8,15H,3,9-10H2,1-2H3;1H. The highest BCUT2D eigenvalue weighted by atomic mass is 127. The van der Waals surface area contributed by atoms with Gasteiger partial charge < -0.3 is 15.0 Å². The zero-order chi connectivity index (χ0) is 13.0. The molecular formula is C14H19IN2O2. The van der Waals surface area contributed by atoms with Gasteiger partial charge in [0.1, 0.15) is 6.54 Å². The number of anilines is 1. The molecule has 1 aliphatic rings. The fourth-order valence-electron chi connectivity index (χ4n) is 1.99. The Morgan fingerprint density at radius 3 is 3.00 bits per heavy atom. The minimum Gasteiger partial charge on any atom is -0.465 e. The highest BCUT2D eigenvalue weighted by Gasteiger charge is 2.12. The summed E-state index contributed by atoms with van der Waals surface area (Å²) in [7, 11) is 2.03. The third kappa shape index (κ3) is 4.12. The van der Waals surface area contributed by atoms with Gasteiger partial charge in [0.15, 0.2) is 0 Å². The summed E-state index contributed by atoms with van der Waals surface area (Å²) in [6.45, 7) is 3.27.